The zero-order valence-corrected chi connectivity index (χ0v) is 12.0. The number of aromatic nitrogens is 1. The van der Waals surface area contributed by atoms with Crippen molar-refractivity contribution in [1.29, 1.82) is 5.26 Å². The molecule has 0 unspecified atom stereocenters. The molecule has 0 radical (unpaired) electrons. The molecule has 8 heteroatoms. The Morgan fingerprint density at radius 3 is 2.43 bits per heavy atom. The molecule has 1 heterocycles. The average molecular weight is 338 g/mol. The number of nitrogens with two attached hydrogens (primary N) is 1. The van der Waals surface area contributed by atoms with Crippen molar-refractivity contribution in [1.82, 2.24) is 4.98 Å². The fourth-order valence-electron chi connectivity index (χ4n) is 2.08. The lowest BCUT2D eigenvalue weighted by molar-refractivity contribution is -0.137. The number of nitrogen functional groups attached to an aromatic ring is 1. The van der Waals surface area contributed by atoms with Gasteiger partial charge in [-0.2, -0.15) is 18.4 Å². The van der Waals surface area contributed by atoms with E-state index in [0.29, 0.717) is 5.56 Å². The third kappa shape index (κ3) is 2.58. The normalized spacial score (nSPS) is 11.6. The molecule has 0 atom stereocenters. The highest BCUT2D eigenvalue weighted by Gasteiger charge is 2.30. The molecule has 23 heavy (non-hydrogen) atoms. The van der Waals surface area contributed by atoms with E-state index in [0.717, 1.165) is 12.1 Å². The molecular weight excluding hydrogens is 331 g/mol. The summed E-state index contributed by atoms with van der Waals surface area (Å²) in [5.41, 5.74) is 6.01. The molecule has 0 saturated carbocycles. The molecule has 0 amide bonds. The van der Waals surface area contributed by atoms with Gasteiger partial charge in [-0.15, -0.1) is 0 Å². The maximum absolute atomic E-state index is 12.6. The van der Waals surface area contributed by atoms with Crippen LogP contribution in [0.15, 0.2) is 34.7 Å². The molecule has 0 saturated heterocycles. The van der Waals surface area contributed by atoms with Crippen molar-refractivity contribution in [3.63, 3.8) is 0 Å². The minimum Gasteiger partial charge on any atom is -0.434 e. The summed E-state index contributed by atoms with van der Waals surface area (Å²) in [6, 6.07) is 7.56. The molecule has 0 aliphatic carbocycles. The summed E-state index contributed by atoms with van der Waals surface area (Å²) in [7, 11) is 0. The topological polar surface area (TPSA) is 75.8 Å². The number of hydrogen-bond acceptors (Lipinski definition) is 4. The Morgan fingerprint density at radius 2 is 1.87 bits per heavy atom. The first kappa shape index (κ1) is 15.2. The number of nitriles is 1. The van der Waals surface area contributed by atoms with E-state index in [1.54, 1.807) is 0 Å². The molecule has 0 fully saturated rings. The van der Waals surface area contributed by atoms with Gasteiger partial charge >= 0.3 is 6.18 Å². The number of halogens is 4. The van der Waals surface area contributed by atoms with Crippen LogP contribution in [0.3, 0.4) is 0 Å². The van der Waals surface area contributed by atoms with Crippen molar-refractivity contribution >= 4 is 28.4 Å². The lowest BCUT2D eigenvalue weighted by Gasteiger charge is -2.05. The second-order valence-corrected chi connectivity index (χ2v) is 5.11. The van der Waals surface area contributed by atoms with Gasteiger partial charge in [0.1, 0.15) is 11.6 Å². The van der Waals surface area contributed by atoms with Gasteiger partial charge < -0.3 is 10.2 Å². The van der Waals surface area contributed by atoms with Crippen LogP contribution < -0.4 is 5.73 Å². The summed E-state index contributed by atoms with van der Waals surface area (Å²) in [6.07, 6.45) is -4.42. The molecule has 3 rings (SSSR count). The van der Waals surface area contributed by atoms with Crippen LogP contribution >= 0.6 is 11.6 Å². The van der Waals surface area contributed by atoms with E-state index in [-0.39, 0.29) is 33.3 Å². The first-order chi connectivity index (χ1) is 10.8. The van der Waals surface area contributed by atoms with Crippen molar-refractivity contribution in [2.75, 3.05) is 5.73 Å². The van der Waals surface area contributed by atoms with Gasteiger partial charge in [-0.3, -0.25) is 0 Å². The monoisotopic (exact) mass is 337 g/mol. The maximum Gasteiger partial charge on any atom is 0.416 e. The van der Waals surface area contributed by atoms with Crippen LogP contribution in [-0.2, 0) is 6.18 Å². The van der Waals surface area contributed by atoms with Crippen LogP contribution in [0, 0.1) is 11.3 Å². The molecule has 0 aliphatic heterocycles. The fourth-order valence-corrected chi connectivity index (χ4v) is 2.32. The highest BCUT2D eigenvalue weighted by Crippen LogP contribution is 2.35. The summed E-state index contributed by atoms with van der Waals surface area (Å²) >= 11 is 6.01. The second-order valence-electron chi connectivity index (χ2n) is 4.70. The minimum atomic E-state index is -4.42. The van der Waals surface area contributed by atoms with Crippen LogP contribution in [0.1, 0.15) is 11.1 Å². The highest BCUT2D eigenvalue weighted by atomic mass is 35.5. The Labute approximate surface area is 132 Å². The van der Waals surface area contributed by atoms with Gasteiger partial charge in [0, 0.05) is 5.56 Å². The van der Waals surface area contributed by atoms with Crippen molar-refractivity contribution < 1.29 is 17.6 Å². The molecule has 2 N–H and O–H groups in total. The van der Waals surface area contributed by atoms with E-state index in [4.69, 9.17) is 27.0 Å². The Bertz CT molecular complexity index is 940. The summed E-state index contributed by atoms with van der Waals surface area (Å²) in [4.78, 5) is 4.14. The zero-order valence-electron chi connectivity index (χ0n) is 11.3. The molecular formula is C15H7ClF3N3O. The summed E-state index contributed by atoms with van der Waals surface area (Å²) in [5, 5.41) is 9.13. The highest BCUT2D eigenvalue weighted by molar-refractivity contribution is 6.35. The van der Waals surface area contributed by atoms with E-state index < -0.39 is 11.7 Å². The van der Waals surface area contributed by atoms with Crippen LogP contribution in [-0.4, -0.2) is 4.98 Å². The standard InChI is InChI=1S/C15H7ClF3N3O/c16-10-5-8(6-20)11(21)12-13(10)23-14(22-12)7-1-3-9(4-2-7)15(17,18)19/h1-5H,21H2. The van der Waals surface area contributed by atoms with Crippen molar-refractivity contribution in [2.24, 2.45) is 0 Å². The number of hydrogen-bond donors (Lipinski definition) is 1. The van der Waals surface area contributed by atoms with Gasteiger partial charge in [-0.05, 0) is 30.3 Å². The van der Waals surface area contributed by atoms with E-state index in [9.17, 15) is 13.2 Å². The van der Waals surface area contributed by atoms with Gasteiger partial charge in [-0.25, -0.2) is 4.98 Å². The number of fused-ring (bicyclic) bond motifs is 1. The van der Waals surface area contributed by atoms with Gasteiger partial charge in [-0.1, -0.05) is 11.6 Å². The van der Waals surface area contributed by atoms with E-state index >= 15 is 0 Å². The first-order valence-electron chi connectivity index (χ1n) is 6.27. The number of oxazole rings is 1. The molecule has 2 aromatic carbocycles. The Kier molecular flexibility index (Phi) is 3.42. The predicted octanol–water partition coefficient (Wildman–Crippen LogP) is 4.62. The quantitative estimate of drug-likeness (QED) is 0.657. The third-order valence-corrected chi connectivity index (χ3v) is 3.52. The Balaban J connectivity index is 2.13. The number of alkyl halides is 3. The molecule has 4 nitrogen and oxygen atoms in total. The maximum atomic E-state index is 12.6. The average Bonchev–Trinajstić information content (AvgIpc) is 2.96. The Hall–Kier alpha value is -2.72. The molecule has 116 valence electrons. The largest absolute Gasteiger partial charge is 0.434 e. The van der Waals surface area contributed by atoms with Crippen molar-refractivity contribution in [2.45, 2.75) is 6.18 Å². The van der Waals surface area contributed by atoms with E-state index in [2.05, 4.69) is 4.98 Å². The van der Waals surface area contributed by atoms with Crippen LogP contribution in [0.4, 0.5) is 18.9 Å². The van der Waals surface area contributed by atoms with Gasteiger partial charge in [0.2, 0.25) is 5.89 Å². The number of anilines is 1. The third-order valence-electron chi connectivity index (χ3n) is 3.24. The van der Waals surface area contributed by atoms with Gasteiger partial charge in [0.15, 0.2) is 5.58 Å². The van der Waals surface area contributed by atoms with Crippen LogP contribution in [0.5, 0.6) is 0 Å². The predicted molar refractivity (Wildman–Crippen MR) is 78.6 cm³/mol. The summed E-state index contributed by atoms with van der Waals surface area (Å²) in [5.74, 6) is 0.0671. The lowest BCUT2D eigenvalue weighted by Crippen LogP contribution is -2.03. The lowest BCUT2D eigenvalue weighted by atomic mass is 10.1. The van der Waals surface area contributed by atoms with Gasteiger partial charge in [0.25, 0.3) is 0 Å². The smallest absolute Gasteiger partial charge is 0.416 e. The number of benzene rings is 2. The Morgan fingerprint density at radius 1 is 1.22 bits per heavy atom. The SMILES string of the molecule is N#Cc1cc(Cl)c2oc(-c3ccc(C(F)(F)F)cc3)nc2c1N. The van der Waals surface area contributed by atoms with Crippen LogP contribution in [0.25, 0.3) is 22.6 Å². The number of nitrogens with zero attached hydrogens (tertiary/aromatic N) is 2. The minimum absolute atomic E-state index is 0.0671. The number of rotatable bonds is 1. The molecule has 0 aliphatic rings. The van der Waals surface area contributed by atoms with Gasteiger partial charge in [0.05, 0.1) is 21.8 Å². The van der Waals surface area contributed by atoms with Crippen molar-refractivity contribution in [3.8, 4) is 17.5 Å². The zero-order chi connectivity index (χ0) is 16.8. The second kappa shape index (κ2) is 5.18. The molecule has 3 aromatic rings. The van der Waals surface area contributed by atoms with E-state index in [1.165, 1.54) is 18.2 Å². The summed E-state index contributed by atoms with van der Waals surface area (Å²) in [6.45, 7) is 0. The first-order valence-corrected chi connectivity index (χ1v) is 6.65. The van der Waals surface area contributed by atoms with Crippen molar-refractivity contribution in [3.05, 3.63) is 46.5 Å². The summed E-state index contributed by atoms with van der Waals surface area (Å²) < 4.78 is 43.2. The molecule has 1 aromatic heterocycles. The fraction of sp³-hybridized carbons (Fsp3) is 0.0667. The van der Waals surface area contributed by atoms with E-state index in [1.807, 2.05) is 6.07 Å². The molecule has 0 spiro atoms. The molecule has 0 bridgehead atoms. The van der Waals surface area contributed by atoms with Crippen LogP contribution in [0.2, 0.25) is 5.02 Å².